The number of nitrogens with one attached hydrogen (secondary N) is 2. The Bertz CT molecular complexity index is 802. The minimum atomic E-state index is -4.31. The van der Waals surface area contributed by atoms with Crippen LogP contribution in [0, 0.1) is 0 Å². The van der Waals surface area contributed by atoms with Gasteiger partial charge in [0.05, 0.1) is 18.8 Å². The van der Waals surface area contributed by atoms with Gasteiger partial charge in [0.1, 0.15) is 11.6 Å². The maximum atomic E-state index is 12.1. The minimum absolute atomic E-state index is 0. The Labute approximate surface area is 196 Å². The molecule has 0 aliphatic carbocycles. The number of aromatic nitrogens is 1. The van der Waals surface area contributed by atoms with Gasteiger partial charge in [-0.2, -0.15) is 13.2 Å². The lowest BCUT2D eigenvalue weighted by Crippen LogP contribution is -2.36. The Morgan fingerprint density at radius 3 is 2.20 bits per heavy atom. The second kappa shape index (κ2) is 11.8. The maximum Gasteiger partial charge on any atom is 0.411 e. The van der Waals surface area contributed by atoms with Gasteiger partial charge in [-0.25, -0.2) is 4.98 Å². The van der Waals surface area contributed by atoms with E-state index in [9.17, 15) is 13.2 Å². The van der Waals surface area contributed by atoms with E-state index in [0.717, 1.165) is 16.3 Å². The van der Waals surface area contributed by atoms with Crippen LogP contribution in [0.1, 0.15) is 42.6 Å². The van der Waals surface area contributed by atoms with E-state index in [1.165, 1.54) is 0 Å². The average Bonchev–Trinajstić information content (AvgIpc) is 3.11. The third kappa shape index (κ3) is 9.61. The maximum absolute atomic E-state index is 12.1. The molecule has 0 saturated carbocycles. The number of guanidine groups is 1. The smallest absolute Gasteiger partial charge is 0.367 e. The van der Waals surface area contributed by atoms with Gasteiger partial charge in [-0.05, 0) is 11.1 Å². The van der Waals surface area contributed by atoms with Gasteiger partial charge in [-0.1, -0.05) is 45.0 Å². The zero-order chi connectivity index (χ0) is 21.5. The minimum Gasteiger partial charge on any atom is -0.367 e. The van der Waals surface area contributed by atoms with Gasteiger partial charge >= 0.3 is 6.18 Å². The van der Waals surface area contributed by atoms with Gasteiger partial charge in [-0.15, -0.1) is 35.3 Å². The van der Waals surface area contributed by atoms with E-state index in [-0.39, 0.29) is 36.0 Å². The molecule has 1 aromatic heterocycles. The molecular weight excluding hydrogens is 528 g/mol. The van der Waals surface area contributed by atoms with Crippen molar-refractivity contribution in [3.8, 4) is 0 Å². The summed E-state index contributed by atoms with van der Waals surface area (Å²) in [4.78, 5) is 8.85. The molecule has 2 N–H and O–H groups in total. The Morgan fingerprint density at radius 1 is 1.07 bits per heavy atom. The Kier molecular flexibility index (Phi) is 10.5. The number of thiazole rings is 1. The van der Waals surface area contributed by atoms with E-state index in [2.05, 4.69) is 51.5 Å². The monoisotopic (exact) mass is 556 g/mol. The van der Waals surface area contributed by atoms with Crippen LogP contribution in [-0.4, -0.2) is 30.8 Å². The molecule has 0 unspecified atom stereocenters. The summed E-state index contributed by atoms with van der Waals surface area (Å²) in [6.07, 6.45) is -4.31. The van der Waals surface area contributed by atoms with Crippen LogP contribution in [0.25, 0.3) is 0 Å². The largest absolute Gasteiger partial charge is 0.411 e. The van der Waals surface area contributed by atoms with Crippen molar-refractivity contribution in [2.24, 2.45) is 4.99 Å². The summed E-state index contributed by atoms with van der Waals surface area (Å²) in [5.74, 6) is 0.648. The highest BCUT2D eigenvalue weighted by Crippen LogP contribution is 2.23. The first kappa shape index (κ1) is 26.6. The summed E-state index contributed by atoms with van der Waals surface area (Å²) in [6.45, 7) is 6.20. The highest BCUT2D eigenvalue weighted by Gasteiger charge is 2.27. The molecule has 1 heterocycles. The number of aliphatic imine (C=N–C) groups is 1. The summed E-state index contributed by atoms with van der Waals surface area (Å²) in [5.41, 5.74) is 2.77. The SMILES string of the molecule is CN=C(NCc1ccc(COCC(F)(F)F)cc1)NCc1nc(C(C)(C)C)cs1.I. The zero-order valence-electron chi connectivity index (χ0n) is 17.5. The molecule has 5 nitrogen and oxygen atoms in total. The van der Waals surface area contributed by atoms with Gasteiger partial charge in [0.15, 0.2) is 5.96 Å². The standard InChI is InChI=1S/C20H27F3N4OS.HI/c1-19(2,3)16-12-29-17(27-16)10-26-18(24-4)25-9-14-5-7-15(8-6-14)11-28-13-20(21,22)23;/h5-8,12H,9-11,13H2,1-4H3,(H2,24,25,26);1H. The lowest BCUT2D eigenvalue weighted by Gasteiger charge is -2.14. The molecule has 0 atom stereocenters. The fourth-order valence-corrected chi connectivity index (χ4v) is 3.30. The third-order valence-electron chi connectivity index (χ3n) is 3.97. The summed E-state index contributed by atoms with van der Waals surface area (Å²) in [6, 6.07) is 7.21. The molecule has 1 aromatic carbocycles. The predicted octanol–water partition coefficient (Wildman–Crippen LogP) is 5.00. The number of rotatable bonds is 7. The van der Waals surface area contributed by atoms with Crippen LogP contribution in [0.3, 0.4) is 0 Å². The molecule has 0 bridgehead atoms. The van der Waals surface area contributed by atoms with Gasteiger partial charge in [0.25, 0.3) is 0 Å². The Balaban J connectivity index is 0.00000450. The summed E-state index contributed by atoms with van der Waals surface area (Å²) >= 11 is 1.61. The van der Waals surface area contributed by atoms with E-state index < -0.39 is 12.8 Å². The first-order chi connectivity index (χ1) is 13.6. The van der Waals surface area contributed by atoms with E-state index in [0.29, 0.717) is 24.6 Å². The Hall–Kier alpha value is -1.40. The number of benzene rings is 1. The Morgan fingerprint density at radius 2 is 1.67 bits per heavy atom. The van der Waals surface area contributed by atoms with E-state index in [1.807, 2.05) is 12.1 Å². The second-order valence-corrected chi connectivity index (χ2v) is 8.52. The van der Waals surface area contributed by atoms with Crippen LogP contribution in [0.15, 0.2) is 34.6 Å². The number of hydrogen-bond acceptors (Lipinski definition) is 4. The van der Waals surface area contributed by atoms with Gasteiger partial charge in [0.2, 0.25) is 0 Å². The zero-order valence-corrected chi connectivity index (χ0v) is 20.6. The first-order valence-electron chi connectivity index (χ1n) is 9.18. The van der Waals surface area contributed by atoms with Crippen LogP contribution in [0.5, 0.6) is 0 Å². The summed E-state index contributed by atoms with van der Waals surface area (Å²) in [5, 5.41) is 9.51. The van der Waals surface area contributed by atoms with Crippen molar-refractivity contribution in [2.75, 3.05) is 13.7 Å². The summed E-state index contributed by atoms with van der Waals surface area (Å²) in [7, 11) is 1.69. The van der Waals surface area contributed by atoms with E-state index in [1.54, 1.807) is 30.5 Å². The van der Waals surface area contributed by atoms with Gasteiger partial charge < -0.3 is 15.4 Å². The molecule has 0 spiro atoms. The molecule has 0 aliphatic rings. The number of ether oxygens (including phenoxy) is 1. The molecule has 10 heteroatoms. The lowest BCUT2D eigenvalue weighted by atomic mass is 9.93. The van der Waals surface area contributed by atoms with Crippen molar-refractivity contribution < 1.29 is 17.9 Å². The molecular formula is C20H28F3IN4OS. The van der Waals surface area contributed by atoms with Gasteiger partial charge in [-0.3, -0.25) is 4.99 Å². The number of alkyl halides is 3. The van der Waals surface area contributed by atoms with Crippen molar-refractivity contribution in [3.05, 3.63) is 51.5 Å². The van der Waals surface area contributed by atoms with Crippen LogP contribution < -0.4 is 10.6 Å². The first-order valence-corrected chi connectivity index (χ1v) is 10.1. The molecule has 0 radical (unpaired) electrons. The van der Waals surface area contributed by atoms with Crippen LogP contribution in [-0.2, 0) is 29.8 Å². The molecule has 168 valence electrons. The van der Waals surface area contributed by atoms with Crippen molar-refractivity contribution in [2.45, 2.75) is 52.1 Å². The lowest BCUT2D eigenvalue weighted by molar-refractivity contribution is -0.176. The normalized spacial score (nSPS) is 12.4. The number of halogens is 4. The number of nitrogens with zero attached hydrogens (tertiary/aromatic N) is 2. The summed E-state index contributed by atoms with van der Waals surface area (Å²) < 4.78 is 41.0. The molecule has 0 amide bonds. The molecule has 2 aromatic rings. The molecule has 0 aliphatic heterocycles. The molecule has 0 saturated heterocycles. The number of hydrogen-bond donors (Lipinski definition) is 2. The fraction of sp³-hybridized carbons (Fsp3) is 0.500. The third-order valence-corrected chi connectivity index (χ3v) is 4.82. The second-order valence-electron chi connectivity index (χ2n) is 7.58. The highest BCUT2D eigenvalue weighted by atomic mass is 127. The molecule has 2 rings (SSSR count). The van der Waals surface area contributed by atoms with Crippen molar-refractivity contribution in [1.82, 2.24) is 15.6 Å². The quantitative estimate of drug-likeness (QED) is 0.286. The van der Waals surface area contributed by atoms with Crippen LogP contribution in [0.2, 0.25) is 0 Å². The van der Waals surface area contributed by atoms with E-state index >= 15 is 0 Å². The highest BCUT2D eigenvalue weighted by molar-refractivity contribution is 14.0. The topological polar surface area (TPSA) is 58.5 Å². The molecule has 30 heavy (non-hydrogen) atoms. The van der Waals surface area contributed by atoms with E-state index in [4.69, 9.17) is 0 Å². The fourth-order valence-electron chi connectivity index (χ4n) is 2.34. The average molecular weight is 556 g/mol. The predicted molar refractivity (Wildman–Crippen MR) is 125 cm³/mol. The van der Waals surface area contributed by atoms with Crippen LogP contribution >= 0.6 is 35.3 Å². The van der Waals surface area contributed by atoms with Crippen molar-refractivity contribution in [1.29, 1.82) is 0 Å². The van der Waals surface area contributed by atoms with Gasteiger partial charge in [0, 0.05) is 24.4 Å². The van der Waals surface area contributed by atoms with Crippen LogP contribution in [0.4, 0.5) is 13.2 Å². The van der Waals surface area contributed by atoms with Crippen molar-refractivity contribution >= 4 is 41.3 Å². The van der Waals surface area contributed by atoms with Crippen molar-refractivity contribution in [3.63, 3.8) is 0 Å². The molecule has 0 fully saturated rings.